The van der Waals surface area contributed by atoms with Crippen LogP contribution < -0.4 is 25.3 Å². The number of methoxy groups -OCH3 is 3. The monoisotopic (exact) mass is 536 g/mol. The minimum absolute atomic E-state index is 0.00427. The molecule has 2 heterocycles. The average molecular weight is 537 g/mol. The van der Waals surface area contributed by atoms with Gasteiger partial charge in [0.15, 0.2) is 22.4 Å². The van der Waals surface area contributed by atoms with E-state index >= 15 is 0 Å². The second kappa shape index (κ2) is 11.4. The van der Waals surface area contributed by atoms with Crippen LogP contribution >= 0.6 is 11.3 Å². The zero-order chi connectivity index (χ0) is 27.4. The third-order valence-electron chi connectivity index (χ3n) is 5.89. The molecule has 1 atom stereocenters. The van der Waals surface area contributed by atoms with E-state index in [0.29, 0.717) is 44.9 Å². The van der Waals surface area contributed by atoms with E-state index in [1.54, 1.807) is 30.3 Å². The van der Waals surface area contributed by atoms with Gasteiger partial charge in [0.05, 0.1) is 38.8 Å². The van der Waals surface area contributed by atoms with Crippen LogP contribution in [-0.2, 0) is 4.79 Å². The molecule has 1 amide bonds. The SMILES string of the molecule is COc1cc(C(=O)c2ccc(-c3csc(NC(=O)C(N)C(C)C)n3)cc2-n2cncn2)cc(OC)c1OC. The molecular weight excluding hydrogens is 508 g/mol. The predicted octanol–water partition coefficient (Wildman–Crippen LogP) is 3.57. The van der Waals surface area contributed by atoms with Crippen molar-refractivity contribution in [2.24, 2.45) is 11.7 Å². The summed E-state index contributed by atoms with van der Waals surface area (Å²) in [6.45, 7) is 3.76. The highest BCUT2D eigenvalue weighted by Gasteiger charge is 2.22. The molecule has 0 aliphatic heterocycles. The van der Waals surface area contributed by atoms with Crippen LogP contribution in [0.15, 0.2) is 48.4 Å². The molecule has 4 rings (SSSR count). The number of aromatic nitrogens is 4. The Kier molecular flexibility index (Phi) is 8.03. The Morgan fingerprint density at radius 2 is 1.76 bits per heavy atom. The van der Waals surface area contributed by atoms with Crippen LogP contribution in [0, 0.1) is 5.92 Å². The summed E-state index contributed by atoms with van der Waals surface area (Å²) in [5.74, 6) is 0.534. The van der Waals surface area contributed by atoms with Gasteiger partial charge in [-0.3, -0.25) is 9.59 Å². The van der Waals surface area contributed by atoms with Crippen LogP contribution in [0.1, 0.15) is 29.8 Å². The number of nitrogens with zero attached hydrogens (tertiary/aromatic N) is 4. The molecule has 2 aromatic heterocycles. The van der Waals surface area contributed by atoms with Gasteiger partial charge in [-0.05, 0) is 30.2 Å². The Bertz CT molecular complexity index is 1430. The third kappa shape index (κ3) is 5.36. The number of ketones is 1. The number of benzene rings is 2. The lowest BCUT2D eigenvalue weighted by molar-refractivity contribution is -0.118. The summed E-state index contributed by atoms with van der Waals surface area (Å²) in [7, 11) is 4.47. The maximum atomic E-state index is 13.7. The number of nitrogens with two attached hydrogens (primary N) is 1. The van der Waals surface area contributed by atoms with Crippen molar-refractivity contribution in [2.45, 2.75) is 19.9 Å². The molecule has 0 aliphatic rings. The Labute approximate surface area is 223 Å². The highest BCUT2D eigenvalue weighted by molar-refractivity contribution is 7.14. The minimum Gasteiger partial charge on any atom is -0.493 e. The van der Waals surface area contributed by atoms with Crippen molar-refractivity contribution in [2.75, 3.05) is 26.6 Å². The van der Waals surface area contributed by atoms with Crippen molar-refractivity contribution in [1.29, 1.82) is 0 Å². The maximum absolute atomic E-state index is 13.7. The largest absolute Gasteiger partial charge is 0.493 e. The van der Waals surface area contributed by atoms with Crippen LogP contribution in [0.3, 0.4) is 0 Å². The number of carbonyl (C=O) groups excluding carboxylic acids is 2. The van der Waals surface area contributed by atoms with Crippen LogP contribution in [0.4, 0.5) is 5.13 Å². The summed E-state index contributed by atoms with van der Waals surface area (Å²) in [6.07, 6.45) is 2.89. The molecule has 12 heteroatoms. The number of carbonyl (C=O) groups is 2. The van der Waals surface area contributed by atoms with Gasteiger partial charge in [0, 0.05) is 22.1 Å². The molecule has 0 saturated carbocycles. The van der Waals surface area contributed by atoms with Crippen LogP contribution in [0.5, 0.6) is 17.2 Å². The Morgan fingerprint density at radius 1 is 1.05 bits per heavy atom. The maximum Gasteiger partial charge on any atom is 0.243 e. The molecule has 198 valence electrons. The number of thiazole rings is 1. The molecule has 38 heavy (non-hydrogen) atoms. The van der Waals surface area contributed by atoms with Crippen molar-refractivity contribution >= 4 is 28.2 Å². The fraction of sp³-hybridized carbons (Fsp3) is 0.269. The van der Waals surface area contributed by atoms with Gasteiger partial charge in [0.25, 0.3) is 0 Å². The molecule has 0 fully saturated rings. The normalized spacial score (nSPS) is 11.8. The summed E-state index contributed by atoms with van der Waals surface area (Å²) in [4.78, 5) is 34.6. The fourth-order valence-electron chi connectivity index (χ4n) is 3.73. The topological polar surface area (TPSA) is 143 Å². The van der Waals surface area contributed by atoms with Gasteiger partial charge < -0.3 is 25.3 Å². The first-order chi connectivity index (χ1) is 18.3. The lowest BCUT2D eigenvalue weighted by Crippen LogP contribution is -2.39. The first kappa shape index (κ1) is 26.8. The van der Waals surface area contributed by atoms with Crippen LogP contribution in [0.2, 0.25) is 0 Å². The quantitative estimate of drug-likeness (QED) is 0.291. The van der Waals surface area contributed by atoms with Gasteiger partial charge in [-0.15, -0.1) is 11.3 Å². The molecule has 3 N–H and O–H groups in total. The van der Waals surface area contributed by atoms with E-state index in [2.05, 4.69) is 20.4 Å². The average Bonchev–Trinajstić information content (AvgIpc) is 3.63. The fourth-order valence-corrected chi connectivity index (χ4v) is 4.45. The van der Waals surface area contributed by atoms with Crippen molar-refractivity contribution in [3.05, 3.63) is 59.5 Å². The van der Waals surface area contributed by atoms with Crippen LogP contribution in [-0.4, -0.2) is 58.8 Å². The minimum atomic E-state index is -0.637. The van der Waals surface area contributed by atoms with Crippen molar-refractivity contribution in [3.8, 4) is 34.2 Å². The van der Waals surface area contributed by atoms with E-state index in [-0.39, 0.29) is 17.6 Å². The molecule has 0 aliphatic carbocycles. The first-order valence-corrected chi connectivity index (χ1v) is 12.5. The number of ether oxygens (including phenoxy) is 3. The number of hydrogen-bond acceptors (Lipinski definition) is 10. The molecule has 0 spiro atoms. The van der Waals surface area contributed by atoms with E-state index < -0.39 is 6.04 Å². The van der Waals surface area contributed by atoms with Crippen molar-refractivity contribution in [1.82, 2.24) is 19.7 Å². The molecular formula is C26H28N6O5S. The van der Waals surface area contributed by atoms with Gasteiger partial charge in [-0.2, -0.15) is 5.10 Å². The molecule has 0 bridgehead atoms. The van der Waals surface area contributed by atoms with E-state index in [4.69, 9.17) is 19.9 Å². The highest BCUT2D eigenvalue weighted by Crippen LogP contribution is 2.39. The van der Waals surface area contributed by atoms with Crippen molar-refractivity contribution < 1.29 is 23.8 Å². The molecule has 2 aromatic carbocycles. The van der Waals surface area contributed by atoms with E-state index in [1.165, 1.54) is 50.0 Å². The lowest BCUT2D eigenvalue weighted by Gasteiger charge is -2.15. The zero-order valence-corrected chi connectivity index (χ0v) is 22.4. The lowest BCUT2D eigenvalue weighted by atomic mass is 9.98. The first-order valence-electron chi connectivity index (χ1n) is 11.6. The van der Waals surface area contributed by atoms with Gasteiger partial charge in [-0.1, -0.05) is 19.9 Å². The van der Waals surface area contributed by atoms with E-state index in [1.807, 2.05) is 19.2 Å². The molecule has 0 radical (unpaired) electrons. The number of hydrogen-bond donors (Lipinski definition) is 2. The van der Waals surface area contributed by atoms with Gasteiger partial charge >= 0.3 is 0 Å². The smallest absolute Gasteiger partial charge is 0.243 e. The standard InChI is InChI=1S/C26H28N6O5S/c1-14(2)22(27)25(34)31-26-30-18(11-38-26)15-6-7-17(19(8-15)32-13-28-12-29-32)23(33)16-9-20(35-3)24(37-5)21(10-16)36-4/h6-14,22H,27H2,1-5H3,(H,30,31,34). The number of rotatable bonds is 10. The van der Waals surface area contributed by atoms with E-state index in [9.17, 15) is 9.59 Å². The predicted molar refractivity (Wildman–Crippen MR) is 143 cm³/mol. The van der Waals surface area contributed by atoms with Gasteiger partial charge in [0.2, 0.25) is 11.7 Å². The number of anilines is 1. The van der Waals surface area contributed by atoms with Crippen molar-refractivity contribution in [3.63, 3.8) is 0 Å². The molecule has 4 aromatic rings. The summed E-state index contributed by atoms with van der Waals surface area (Å²) < 4.78 is 17.7. The third-order valence-corrected chi connectivity index (χ3v) is 6.64. The summed E-state index contributed by atoms with van der Waals surface area (Å²) in [5.41, 5.74) is 8.50. The van der Waals surface area contributed by atoms with Gasteiger partial charge in [-0.25, -0.2) is 14.6 Å². The van der Waals surface area contributed by atoms with Gasteiger partial charge in [0.1, 0.15) is 12.7 Å². The molecule has 1 unspecified atom stereocenters. The number of nitrogens with one attached hydrogen (secondary N) is 1. The zero-order valence-electron chi connectivity index (χ0n) is 21.6. The second-order valence-corrected chi connectivity index (χ2v) is 9.47. The number of amides is 1. The second-order valence-electron chi connectivity index (χ2n) is 8.61. The molecule has 0 saturated heterocycles. The van der Waals surface area contributed by atoms with Crippen LogP contribution in [0.25, 0.3) is 16.9 Å². The summed E-state index contributed by atoms with van der Waals surface area (Å²) >= 11 is 1.28. The summed E-state index contributed by atoms with van der Waals surface area (Å²) in [6, 6.07) is 7.83. The Hall–Kier alpha value is -4.29. The molecule has 11 nitrogen and oxygen atoms in total. The Morgan fingerprint density at radius 3 is 2.34 bits per heavy atom. The summed E-state index contributed by atoms with van der Waals surface area (Å²) in [5, 5.41) is 9.24. The highest BCUT2D eigenvalue weighted by atomic mass is 32.1. The Balaban J connectivity index is 1.72. The van der Waals surface area contributed by atoms with E-state index in [0.717, 1.165) is 5.56 Å².